The number of aromatic hydroxyl groups is 1. The number of hydrogen-bond acceptors (Lipinski definition) is 7. The molecule has 24 heavy (non-hydrogen) atoms. The summed E-state index contributed by atoms with van der Waals surface area (Å²) >= 11 is 0. The molecular weight excluding hydrogens is 318 g/mol. The number of benzene rings is 1. The number of hydrogen-bond donors (Lipinski definition) is 3. The Hall–Kier alpha value is -3.62. The summed E-state index contributed by atoms with van der Waals surface area (Å²) in [6, 6.07) is 4.66. The third-order valence-electron chi connectivity index (χ3n) is 3.59. The summed E-state index contributed by atoms with van der Waals surface area (Å²) in [6.07, 6.45) is 0. The minimum absolute atomic E-state index is 0.0416. The Kier molecular flexibility index (Phi) is 3.33. The van der Waals surface area contributed by atoms with Crippen LogP contribution in [0, 0.1) is 0 Å². The van der Waals surface area contributed by atoms with E-state index in [4.69, 9.17) is 5.73 Å². The summed E-state index contributed by atoms with van der Waals surface area (Å²) in [7, 11) is 1.19. The van der Waals surface area contributed by atoms with Crippen molar-refractivity contribution < 1.29 is 24.2 Å². The van der Waals surface area contributed by atoms with Crippen molar-refractivity contribution in [3.05, 3.63) is 51.3 Å². The third-order valence-corrected chi connectivity index (χ3v) is 3.59. The van der Waals surface area contributed by atoms with Crippen LogP contribution >= 0.6 is 0 Å². The number of nitrogens with zero attached hydrogens (tertiary/aromatic N) is 1. The highest BCUT2D eigenvalue weighted by molar-refractivity contribution is 6.23. The lowest BCUT2D eigenvalue weighted by Crippen LogP contribution is -2.24. The number of nitrogens with one attached hydrogen (secondary N) is 1. The van der Waals surface area contributed by atoms with Crippen molar-refractivity contribution in [3.8, 4) is 11.4 Å². The lowest BCUT2D eigenvalue weighted by Gasteiger charge is -2.13. The zero-order valence-electron chi connectivity index (χ0n) is 12.3. The molecule has 0 spiro atoms. The maximum Gasteiger partial charge on any atom is 0.337 e. The van der Waals surface area contributed by atoms with Crippen LogP contribution in [0.5, 0.6) is 5.75 Å². The van der Waals surface area contributed by atoms with E-state index in [-0.39, 0.29) is 28.2 Å². The molecule has 1 aliphatic rings. The monoisotopic (exact) mass is 329 g/mol. The van der Waals surface area contributed by atoms with Gasteiger partial charge in [0.2, 0.25) is 0 Å². The number of rotatable bonds is 2. The zero-order chi connectivity index (χ0) is 17.6. The number of phenols is 1. The highest BCUT2D eigenvalue weighted by Crippen LogP contribution is 2.28. The van der Waals surface area contributed by atoms with Crippen LogP contribution in [0.15, 0.2) is 29.1 Å². The van der Waals surface area contributed by atoms with Gasteiger partial charge in [0, 0.05) is 6.07 Å². The maximum absolute atomic E-state index is 12.3. The summed E-state index contributed by atoms with van der Waals surface area (Å²) in [5.41, 5.74) is 4.91. The van der Waals surface area contributed by atoms with Gasteiger partial charge in [-0.25, -0.2) is 4.79 Å². The molecule has 9 nitrogen and oxygen atoms in total. The fourth-order valence-electron chi connectivity index (χ4n) is 2.49. The first kappa shape index (κ1) is 15.3. The van der Waals surface area contributed by atoms with Gasteiger partial charge in [0.1, 0.15) is 11.6 Å². The van der Waals surface area contributed by atoms with Crippen LogP contribution in [-0.2, 0) is 4.74 Å². The predicted molar refractivity (Wildman–Crippen MR) is 81.3 cm³/mol. The summed E-state index contributed by atoms with van der Waals surface area (Å²) in [6.45, 7) is 0. The number of esters is 1. The van der Waals surface area contributed by atoms with Crippen LogP contribution in [0.1, 0.15) is 31.1 Å². The molecule has 0 unspecified atom stereocenters. The lowest BCUT2D eigenvalue weighted by molar-refractivity contribution is 0.0600. The van der Waals surface area contributed by atoms with E-state index in [0.717, 1.165) is 16.7 Å². The molecule has 4 N–H and O–H groups in total. The van der Waals surface area contributed by atoms with Gasteiger partial charge in [-0.05, 0) is 18.2 Å². The Bertz CT molecular complexity index is 976. The quantitative estimate of drug-likeness (QED) is 0.511. The minimum atomic E-state index is -0.730. The lowest BCUT2D eigenvalue weighted by atomic mass is 10.1. The molecule has 0 saturated heterocycles. The van der Waals surface area contributed by atoms with Crippen LogP contribution in [-0.4, -0.2) is 34.6 Å². The number of imide groups is 1. The fourth-order valence-corrected chi connectivity index (χ4v) is 2.49. The van der Waals surface area contributed by atoms with E-state index in [9.17, 15) is 24.3 Å². The summed E-state index contributed by atoms with van der Waals surface area (Å²) in [5.74, 6) is -2.82. The predicted octanol–water partition coefficient (Wildman–Crippen LogP) is -0.205. The molecule has 2 amide bonds. The Morgan fingerprint density at radius 3 is 2.54 bits per heavy atom. The number of nitrogens with two attached hydrogens (primary N) is 1. The van der Waals surface area contributed by atoms with E-state index < -0.39 is 29.1 Å². The number of carbonyl (C=O) groups is 3. The van der Waals surface area contributed by atoms with E-state index >= 15 is 0 Å². The molecule has 0 bridgehead atoms. The van der Waals surface area contributed by atoms with Crippen LogP contribution < -0.4 is 16.6 Å². The average Bonchev–Trinajstić information content (AvgIpc) is 2.82. The maximum atomic E-state index is 12.3. The van der Waals surface area contributed by atoms with E-state index in [1.807, 2.05) is 5.32 Å². The first-order valence-electron chi connectivity index (χ1n) is 6.68. The highest BCUT2D eigenvalue weighted by Gasteiger charge is 2.32. The topological polar surface area (TPSA) is 141 Å². The van der Waals surface area contributed by atoms with Gasteiger partial charge in [0.05, 0.1) is 29.5 Å². The van der Waals surface area contributed by atoms with Crippen molar-refractivity contribution in [2.75, 3.05) is 12.8 Å². The Balaban J connectivity index is 2.24. The number of nitrogen functional groups attached to an aromatic ring is 1. The second kappa shape index (κ2) is 5.23. The molecule has 0 aliphatic carbocycles. The molecular formula is C15H11N3O6. The highest BCUT2D eigenvalue weighted by atomic mass is 16.5. The number of anilines is 1. The van der Waals surface area contributed by atoms with Crippen LogP contribution in [0.4, 0.5) is 5.82 Å². The van der Waals surface area contributed by atoms with Crippen molar-refractivity contribution >= 4 is 23.6 Å². The summed E-state index contributed by atoms with van der Waals surface area (Å²) in [5, 5.41) is 12.2. The van der Waals surface area contributed by atoms with Crippen LogP contribution in [0.25, 0.3) is 5.69 Å². The molecule has 2 heterocycles. The van der Waals surface area contributed by atoms with Gasteiger partial charge in [0.15, 0.2) is 0 Å². The number of carbonyl (C=O) groups excluding carboxylic acids is 3. The zero-order valence-corrected chi connectivity index (χ0v) is 12.3. The van der Waals surface area contributed by atoms with Crippen molar-refractivity contribution in [3.63, 3.8) is 0 Å². The smallest absolute Gasteiger partial charge is 0.337 e. The van der Waals surface area contributed by atoms with Crippen molar-refractivity contribution in [2.45, 2.75) is 0 Å². The summed E-state index contributed by atoms with van der Waals surface area (Å²) < 4.78 is 5.42. The van der Waals surface area contributed by atoms with Crippen molar-refractivity contribution in [1.29, 1.82) is 0 Å². The molecule has 3 rings (SSSR count). The van der Waals surface area contributed by atoms with Gasteiger partial charge in [-0.3, -0.25) is 24.3 Å². The molecule has 0 radical (unpaired) electrons. The molecule has 1 aromatic carbocycles. The SMILES string of the molecule is COC(=O)c1ccc(-n2c(N)c3c(cc2=O)C(=O)NC3=O)c(O)c1. The molecule has 1 aromatic heterocycles. The Labute approximate surface area is 134 Å². The Morgan fingerprint density at radius 2 is 1.92 bits per heavy atom. The molecule has 0 atom stereocenters. The van der Waals surface area contributed by atoms with Gasteiger partial charge < -0.3 is 15.6 Å². The number of aromatic nitrogens is 1. The number of ether oxygens (including phenoxy) is 1. The number of phenolic OH excluding ortho intramolecular Hbond substituents is 1. The van der Waals surface area contributed by atoms with E-state index in [1.54, 1.807) is 0 Å². The van der Waals surface area contributed by atoms with Gasteiger partial charge >= 0.3 is 5.97 Å². The van der Waals surface area contributed by atoms with Gasteiger partial charge in [-0.2, -0.15) is 0 Å². The number of amides is 2. The second-order valence-corrected chi connectivity index (χ2v) is 4.97. The molecule has 9 heteroatoms. The molecule has 122 valence electrons. The van der Waals surface area contributed by atoms with Crippen molar-refractivity contribution in [2.24, 2.45) is 0 Å². The van der Waals surface area contributed by atoms with E-state index in [0.29, 0.717) is 0 Å². The van der Waals surface area contributed by atoms with Gasteiger partial charge in [-0.15, -0.1) is 0 Å². The Morgan fingerprint density at radius 1 is 1.21 bits per heavy atom. The first-order valence-corrected chi connectivity index (χ1v) is 6.68. The summed E-state index contributed by atoms with van der Waals surface area (Å²) in [4.78, 5) is 47.2. The van der Waals surface area contributed by atoms with Crippen LogP contribution in [0.2, 0.25) is 0 Å². The third kappa shape index (κ3) is 2.10. The fraction of sp³-hybridized carbons (Fsp3) is 0.0667. The largest absolute Gasteiger partial charge is 0.506 e. The number of fused-ring (bicyclic) bond motifs is 1. The number of methoxy groups -OCH3 is 1. The molecule has 2 aromatic rings. The second-order valence-electron chi connectivity index (χ2n) is 4.97. The first-order chi connectivity index (χ1) is 11.3. The molecule has 0 saturated carbocycles. The molecule has 1 aliphatic heterocycles. The van der Waals surface area contributed by atoms with Crippen molar-refractivity contribution in [1.82, 2.24) is 9.88 Å². The van der Waals surface area contributed by atoms with E-state index in [2.05, 4.69) is 4.74 Å². The normalized spacial score (nSPS) is 12.7. The van der Waals surface area contributed by atoms with E-state index in [1.165, 1.54) is 19.2 Å². The minimum Gasteiger partial charge on any atom is -0.506 e. The standard InChI is InChI=1S/C15H11N3O6/c1-24-15(23)6-2-3-8(9(19)4-6)18-10(20)5-7-11(12(18)16)14(22)17-13(7)21/h2-5,19H,16H2,1H3,(H,17,21,22). The van der Waals surface area contributed by atoms with Crippen LogP contribution in [0.3, 0.4) is 0 Å². The number of pyridine rings is 1. The van der Waals surface area contributed by atoms with Gasteiger partial charge in [0.25, 0.3) is 17.4 Å². The molecule has 0 fully saturated rings. The van der Waals surface area contributed by atoms with Gasteiger partial charge in [-0.1, -0.05) is 0 Å². The average molecular weight is 329 g/mol.